The molecular weight excluding hydrogens is 460 g/mol. The second-order valence-corrected chi connectivity index (χ2v) is 6.31. The van der Waals surface area contributed by atoms with Crippen molar-refractivity contribution in [1.29, 1.82) is 0 Å². The summed E-state index contributed by atoms with van der Waals surface area (Å²) in [5.74, 6) is -1.82. The number of halogens is 2. The standard InChI is InChI=1S/2C7H5BrO2.C3H8O2/c2*8-6-4-2-1-3-5(6)7(9)10;1-3(5)2-4/h2*1-4H,(H,9,10);3-5H,2H2,1H3. The number of carbonyl (C=O) groups is 2. The summed E-state index contributed by atoms with van der Waals surface area (Å²) in [5.41, 5.74) is 0.588. The van der Waals surface area contributed by atoms with Crippen molar-refractivity contribution in [2.75, 3.05) is 6.61 Å². The van der Waals surface area contributed by atoms with E-state index < -0.39 is 18.0 Å². The van der Waals surface area contributed by atoms with Crippen molar-refractivity contribution in [2.45, 2.75) is 13.0 Å². The highest BCUT2D eigenvalue weighted by atomic mass is 79.9. The molecule has 0 aliphatic heterocycles. The van der Waals surface area contributed by atoms with Gasteiger partial charge < -0.3 is 20.4 Å². The number of rotatable bonds is 3. The zero-order chi connectivity index (χ0) is 19.4. The molecule has 0 spiro atoms. The molecule has 4 N–H and O–H groups in total. The van der Waals surface area contributed by atoms with Gasteiger partial charge in [-0.2, -0.15) is 0 Å². The average Bonchev–Trinajstić information content (AvgIpc) is 2.56. The van der Waals surface area contributed by atoms with E-state index in [1.807, 2.05) is 0 Å². The molecular formula is C17H18Br2O6. The van der Waals surface area contributed by atoms with E-state index in [2.05, 4.69) is 31.9 Å². The summed E-state index contributed by atoms with van der Waals surface area (Å²) in [4.78, 5) is 20.8. The molecule has 0 aliphatic carbocycles. The molecule has 0 radical (unpaired) electrons. The Balaban J connectivity index is 0.000000368. The first-order valence-electron chi connectivity index (χ1n) is 6.95. The van der Waals surface area contributed by atoms with Gasteiger partial charge in [-0.15, -0.1) is 0 Å². The van der Waals surface area contributed by atoms with Gasteiger partial charge in [0.1, 0.15) is 0 Å². The Hall–Kier alpha value is -1.74. The minimum atomic E-state index is -0.910. The number of benzene rings is 2. The maximum Gasteiger partial charge on any atom is 0.336 e. The molecule has 0 saturated heterocycles. The first-order valence-corrected chi connectivity index (χ1v) is 8.53. The van der Waals surface area contributed by atoms with Crippen LogP contribution in [0.15, 0.2) is 57.5 Å². The molecule has 2 aromatic carbocycles. The second-order valence-electron chi connectivity index (χ2n) is 4.60. The van der Waals surface area contributed by atoms with Crippen LogP contribution in [0.1, 0.15) is 27.6 Å². The summed E-state index contributed by atoms with van der Waals surface area (Å²) in [6, 6.07) is 13.4. The average molecular weight is 478 g/mol. The third-order valence-corrected chi connectivity index (χ3v) is 3.86. The van der Waals surface area contributed by atoms with E-state index in [9.17, 15) is 9.59 Å². The van der Waals surface area contributed by atoms with Gasteiger partial charge in [-0.05, 0) is 63.0 Å². The number of carboxylic acid groups (broad SMARTS) is 2. The van der Waals surface area contributed by atoms with E-state index in [1.54, 1.807) is 48.5 Å². The summed E-state index contributed by atoms with van der Waals surface area (Å²) in [7, 11) is 0. The molecule has 2 aromatic rings. The van der Waals surface area contributed by atoms with Crippen LogP contribution < -0.4 is 0 Å². The van der Waals surface area contributed by atoms with Crippen LogP contribution in [0, 0.1) is 0 Å². The number of aliphatic hydroxyl groups excluding tert-OH is 2. The monoisotopic (exact) mass is 476 g/mol. The minimum absolute atomic E-state index is 0.139. The fourth-order valence-corrected chi connectivity index (χ4v) is 2.18. The van der Waals surface area contributed by atoms with Gasteiger partial charge in [0.05, 0.1) is 23.8 Å². The molecule has 8 heteroatoms. The van der Waals surface area contributed by atoms with Gasteiger partial charge in [0, 0.05) is 8.95 Å². The Labute approximate surface area is 162 Å². The highest BCUT2D eigenvalue weighted by Crippen LogP contribution is 2.15. The van der Waals surface area contributed by atoms with Crippen molar-refractivity contribution in [3.05, 3.63) is 68.6 Å². The Morgan fingerprint density at radius 1 is 0.880 bits per heavy atom. The third kappa shape index (κ3) is 9.98. The largest absolute Gasteiger partial charge is 0.478 e. The van der Waals surface area contributed by atoms with Gasteiger partial charge in [0.15, 0.2) is 0 Å². The number of aromatic carboxylic acids is 2. The van der Waals surface area contributed by atoms with Crippen LogP contribution in [0.25, 0.3) is 0 Å². The fraction of sp³-hybridized carbons (Fsp3) is 0.176. The zero-order valence-corrected chi connectivity index (χ0v) is 16.4. The van der Waals surface area contributed by atoms with Crippen LogP contribution in [-0.4, -0.2) is 45.1 Å². The SMILES string of the molecule is CC(O)CO.O=C(O)c1ccccc1Br.O=C(O)c1ccccc1Br. The van der Waals surface area contributed by atoms with Gasteiger partial charge >= 0.3 is 11.9 Å². The number of carboxylic acids is 2. The van der Waals surface area contributed by atoms with Crippen molar-refractivity contribution >= 4 is 43.8 Å². The molecule has 0 fully saturated rings. The maximum absolute atomic E-state index is 10.4. The maximum atomic E-state index is 10.4. The summed E-state index contributed by atoms with van der Waals surface area (Å²) >= 11 is 6.23. The molecule has 0 aromatic heterocycles. The van der Waals surface area contributed by atoms with Crippen LogP contribution in [0.3, 0.4) is 0 Å². The van der Waals surface area contributed by atoms with Crippen molar-refractivity contribution < 1.29 is 30.0 Å². The van der Waals surface area contributed by atoms with Crippen LogP contribution >= 0.6 is 31.9 Å². The molecule has 0 bridgehead atoms. The van der Waals surface area contributed by atoms with E-state index in [4.69, 9.17) is 20.4 Å². The number of hydrogen-bond acceptors (Lipinski definition) is 4. The summed E-state index contributed by atoms with van der Waals surface area (Å²) in [6.07, 6.45) is -0.560. The summed E-state index contributed by atoms with van der Waals surface area (Å²) in [6.45, 7) is 1.39. The van der Waals surface area contributed by atoms with Crippen molar-refractivity contribution in [1.82, 2.24) is 0 Å². The highest BCUT2D eigenvalue weighted by molar-refractivity contribution is 9.10. The molecule has 136 valence electrons. The molecule has 1 unspecified atom stereocenters. The van der Waals surface area contributed by atoms with Crippen molar-refractivity contribution in [3.8, 4) is 0 Å². The Bertz CT molecular complexity index is 633. The van der Waals surface area contributed by atoms with Crippen LogP contribution in [0.2, 0.25) is 0 Å². The smallest absolute Gasteiger partial charge is 0.336 e. The lowest BCUT2D eigenvalue weighted by Crippen LogP contribution is -2.03. The predicted molar refractivity (Wildman–Crippen MR) is 101 cm³/mol. The lowest BCUT2D eigenvalue weighted by Gasteiger charge is -1.94. The van der Waals surface area contributed by atoms with E-state index in [0.717, 1.165) is 0 Å². The quantitative estimate of drug-likeness (QED) is 0.536. The van der Waals surface area contributed by atoms with Gasteiger partial charge in [0.25, 0.3) is 0 Å². The van der Waals surface area contributed by atoms with E-state index >= 15 is 0 Å². The second kappa shape index (κ2) is 12.6. The van der Waals surface area contributed by atoms with E-state index in [0.29, 0.717) is 20.1 Å². The molecule has 1 atom stereocenters. The summed E-state index contributed by atoms with van der Waals surface area (Å²) in [5, 5.41) is 33.1. The number of aliphatic hydroxyl groups is 2. The number of hydrogen-bond donors (Lipinski definition) is 4. The van der Waals surface area contributed by atoms with Gasteiger partial charge in [-0.3, -0.25) is 0 Å². The topological polar surface area (TPSA) is 115 Å². The molecule has 0 heterocycles. The zero-order valence-electron chi connectivity index (χ0n) is 13.3. The van der Waals surface area contributed by atoms with Crippen LogP contribution in [-0.2, 0) is 0 Å². The Morgan fingerprint density at radius 2 is 1.16 bits per heavy atom. The lowest BCUT2D eigenvalue weighted by atomic mass is 10.2. The fourth-order valence-electron chi connectivity index (χ4n) is 1.27. The summed E-state index contributed by atoms with van der Waals surface area (Å²) < 4.78 is 1.23. The van der Waals surface area contributed by atoms with Gasteiger partial charge in [0.2, 0.25) is 0 Å². The molecule has 6 nitrogen and oxygen atoms in total. The van der Waals surface area contributed by atoms with Gasteiger partial charge in [-0.25, -0.2) is 9.59 Å². The minimum Gasteiger partial charge on any atom is -0.478 e. The van der Waals surface area contributed by atoms with Crippen LogP contribution in [0.4, 0.5) is 0 Å². The van der Waals surface area contributed by atoms with Crippen LogP contribution in [0.5, 0.6) is 0 Å². The Kier molecular flexibility index (Phi) is 11.7. The highest BCUT2D eigenvalue weighted by Gasteiger charge is 2.05. The van der Waals surface area contributed by atoms with Crippen molar-refractivity contribution in [2.24, 2.45) is 0 Å². The molecule has 25 heavy (non-hydrogen) atoms. The normalized spacial score (nSPS) is 10.4. The third-order valence-electron chi connectivity index (χ3n) is 2.47. The van der Waals surface area contributed by atoms with E-state index in [-0.39, 0.29) is 6.61 Å². The van der Waals surface area contributed by atoms with Crippen molar-refractivity contribution in [3.63, 3.8) is 0 Å². The molecule has 2 rings (SSSR count). The first-order chi connectivity index (χ1) is 11.7. The van der Waals surface area contributed by atoms with Gasteiger partial charge in [-0.1, -0.05) is 24.3 Å². The molecule has 0 aliphatic rings. The molecule has 0 saturated carbocycles. The molecule has 0 amide bonds. The lowest BCUT2D eigenvalue weighted by molar-refractivity contribution is 0.0685. The first kappa shape index (κ1) is 23.3. The Morgan fingerprint density at radius 3 is 1.32 bits per heavy atom. The predicted octanol–water partition coefficient (Wildman–Crippen LogP) is 3.65. The van der Waals surface area contributed by atoms with E-state index in [1.165, 1.54) is 6.92 Å².